The zero-order chi connectivity index (χ0) is 89.7. The summed E-state index contributed by atoms with van der Waals surface area (Å²) in [5.41, 5.74) is 11.2. The Bertz CT molecular complexity index is 5080. The first-order chi connectivity index (χ1) is 61.9. The fraction of sp³-hybridized carbons (Fsp3) is 0.457. The van der Waals surface area contributed by atoms with Crippen LogP contribution in [0, 0.1) is 11.8 Å². The van der Waals surface area contributed by atoms with Crippen LogP contribution in [-0.4, -0.2) is 169 Å². The van der Waals surface area contributed by atoms with E-state index in [1.807, 2.05) is 121 Å². The van der Waals surface area contributed by atoms with Gasteiger partial charge in [-0.05, 0) is 151 Å². The van der Waals surface area contributed by atoms with Crippen molar-refractivity contribution in [3.05, 3.63) is 180 Å². The lowest BCUT2D eigenvalue weighted by atomic mass is 9.97. The lowest BCUT2D eigenvalue weighted by Gasteiger charge is -2.24. The molecule has 0 saturated carbocycles. The second-order valence-electron chi connectivity index (χ2n) is 31.3. The molecule has 0 bridgehead atoms. The number of carbonyl (C=O) groups is 10. The first-order valence-electron chi connectivity index (χ1n) is 44.2. The largest absolute Gasteiger partial charge is 0.381 e. The highest BCUT2D eigenvalue weighted by Crippen LogP contribution is 2.31. The third kappa shape index (κ3) is 29.4. The van der Waals surface area contributed by atoms with E-state index in [0.29, 0.717) is 107 Å². The summed E-state index contributed by atoms with van der Waals surface area (Å²) in [7, 11) is 0. The molecule has 674 valence electrons. The molecule has 0 aliphatic carbocycles. The number of carbonyl (C=O) groups excluding carboxylic acids is 10. The van der Waals surface area contributed by atoms with E-state index in [0.717, 1.165) is 179 Å². The number of ketones is 5. The third-order valence-electron chi connectivity index (χ3n) is 21.6. The van der Waals surface area contributed by atoms with Gasteiger partial charge in [-0.15, -0.1) is 79.4 Å². The van der Waals surface area contributed by atoms with E-state index in [1.54, 1.807) is 17.1 Å². The van der Waals surface area contributed by atoms with Crippen molar-refractivity contribution >= 4 is 189 Å². The summed E-state index contributed by atoms with van der Waals surface area (Å²) in [5.74, 6) is -1.57. The molecule has 26 nitrogen and oxygen atoms in total. The van der Waals surface area contributed by atoms with E-state index in [9.17, 15) is 47.9 Å². The topological polar surface area (TPSA) is 375 Å². The standard InChI is InChI=1S/2C20H26N2O3S.C19H24N2O3S.C18H19N3O2S2.C17H18N4O2S2/c1-2-3-4-10-16(21-19(24)14-8-7-12-25-13-14)18(23)20-22-15-9-5-6-11-17(15)26-20;1-2-3-4-8-16(21-19(24)14-10-12-25-13-11-14)18(23)20-22-15-7-5-6-9-17(15)26-20;1-2-3-4-9-14(20-18(23)15-10-7-12-24-15)17(22)19-21-13-8-5-6-11-16(13)25-19;1-2-3-4-8-13(20-16(23)18-19-10-11-24-18)15(22)17-21-12-7-5-6-9-14(12)25-17;18-8-4-3-6-12(20-16(23)14-9-19-10-24-14)15(22)17-21-11-5-1-2-7-13(11)25-17/h5-6,9,11,14,16H,2-4,7-8,10,12-13H2,1H3,(H,21,24);5-7,9,14,16H,2-4,8,10-13H2,1H3,(H,21,24);5-6,8,11,14-15H,2-4,7,9-10,12H2,1H3,(H,20,23);5-7,9-11,13H,2-4,8H2,1H3,(H,20,23);1-2,5,7,9-10,12H,3-4,6,8,18H2,(H,20,23). The Morgan fingerprint density at radius 1 is 0.386 bits per heavy atom. The number of benzene rings is 5. The van der Waals surface area contributed by atoms with Gasteiger partial charge in [-0.3, -0.25) is 52.9 Å². The second-order valence-corrected chi connectivity index (χ2v) is 38.2. The number of hydrogen-bond donors (Lipinski definition) is 6. The summed E-state index contributed by atoms with van der Waals surface area (Å²) in [6.45, 7) is 12.1. The third-order valence-corrected chi connectivity index (χ3v) is 28.4. The maximum atomic E-state index is 13.0. The van der Waals surface area contributed by atoms with Gasteiger partial charge in [-0.2, -0.15) is 0 Å². The molecule has 15 rings (SSSR count). The van der Waals surface area contributed by atoms with E-state index < -0.39 is 36.3 Å². The number of ether oxygens (including phenoxy) is 3. The van der Waals surface area contributed by atoms with E-state index >= 15 is 0 Å². The molecule has 5 aromatic carbocycles. The monoisotopic (exact) mass is 1860 g/mol. The van der Waals surface area contributed by atoms with Gasteiger partial charge >= 0.3 is 0 Å². The predicted octanol–water partition coefficient (Wildman–Crippen LogP) is 18.8. The average Bonchev–Trinajstić information content (AvgIpc) is 1.70. The van der Waals surface area contributed by atoms with Gasteiger partial charge in [0.25, 0.3) is 11.8 Å². The molecule has 12 aromatic rings. The number of nitrogens with two attached hydrogens (primary N) is 1. The number of nitrogens with zero attached hydrogens (tertiary/aromatic N) is 7. The quantitative estimate of drug-likeness (QED) is 0.0153. The number of fused-ring (bicyclic) bond motifs is 5. The Labute approximate surface area is 768 Å². The van der Waals surface area contributed by atoms with Crippen molar-refractivity contribution in [3.63, 3.8) is 0 Å². The molecule has 5 amide bonds. The number of hydrogen-bond acceptors (Lipinski definition) is 28. The molecular formula is C94H113N13O13S7. The SMILES string of the molecule is CCCCCC(NC(=O)C1CCCO1)C(=O)c1nc2ccccc2s1.CCCCCC(NC(=O)C1CCCOC1)C(=O)c1nc2ccccc2s1.CCCCCC(NC(=O)C1CCOCC1)C(=O)c1nc2ccccc2s1.CCCCCC(NC(=O)c1nccs1)C(=O)c1nc2ccccc2s1.NCCCCC(NC(=O)c1cncs1)C(=O)c1nc2ccccc2s1. The fourth-order valence-corrected chi connectivity index (χ4v) is 20.4. The predicted molar refractivity (Wildman–Crippen MR) is 508 cm³/mol. The molecule has 127 heavy (non-hydrogen) atoms. The zero-order valence-corrected chi connectivity index (χ0v) is 78.0. The van der Waals surface area contributed by atoms with Crippen LogP contribution in [0.3, 0.4) is 0 Å². The molecule has 3 saturated heterocycles. The number of Topliss-reactive ketones (excluding diaryl/α,β-unsaturated/α-hetero) is 5. The van der Waals surface area contributed by atoms with E-state index in [1.165, 1.54) is 85.6 Å². The summed E-state index contributed by atoms with van der Waals surface area (Å²) in [4.78, 5) is 158. The van der Waals surface area contributed by atoms with Crippen LogP contribution in [-0.2, 0) is 28.6 Å². The molecule has 10 heterocycles. The normalized spacial score (nSPS) is 15.6. The van der Waals surface area contributed by atoms with Crippen molar-refractivity contribution in [1.29, 1.82) is 0 Å². The first kappa shape index (κ1) is 98.0. The van der Waals surface area contributed by atoms with Gasteiger partial charge < -0.3 is 46.5 Å². The molecule has 33 heteroatoms. The Balaban J connectivity index is 0.000000154. The molecule has 3 aliphatic heterocycles. The van der Waals surface area contributed by atoms with Gasteiger partial charge in [-0.25, -0.2) is 29.9 Å². The minimum absolute atomic E-state index is 0.0238. The average molecular weight is 1860 g/mol. The number of thiazole rings is 7. The number of amides is 5. The van der Waals surface area contributed by atoms with Gasteiger partial charge in [0.2, 0.25) is 46.6 Å². The summed E-state index contributed by atoms with van der Waals surface area (Å²) < 4.78 is 21.1. The summed E-state index contributed by atoms with van der Waals surface area (Å²) in [5, 5.41) is 19.0. The van der Waals surface area contributed by atoms with Crippen LogP contribution >= 0.6 is 79.4 Å². The number of para-hydroxylation sites is 5. The van der Waals surface area contributed by atoms with Crippen LogP contribution in [0.25, 0.3) is 51.1 Å². The molecular weight excluding hydrogens is 1740 g/mol. The minimum Gasteiger partial charge on any atom is -0.381 e. The Hall–Kier alpha value is -9.65. The molecule has 3 aliphatic rings. The van der Waals surface area contributed by atoms with Crippen LogP contribution in [0.15, 0.2) is 145 Å². The molecule has 0 spiro atoms. The Morgan fingerprint density at radius 2 is 0.748 bits per heavy atom. The van der Waals surface area contributed by atoms with E-state index in [-0.39, 0.29) is 70.3 Å². The van der Waals surface area contributed by atoms with Gasteiger partial charge in [0, 0.05) is 43.9 Å². The van der Waals surface area contributed by atoms with Crippen LogP contribution in [0.2, 0.25) is 0 Å². The lowest BCUT2D eigenvalue weighted by Crippen LogP contribution is -2.45. The summed E-state index contributed by atoms with van der Waals surface area (Å²) in [6, 6.07) is 35.8. The number of rotatable bonds is 40. The van der Waals surface area contributed by atoms with E-state index in [4.69, 9.17) is 19.9 Å². The van der Waals surface area contributed by atoms with Gasteiger partial charge in [-0.1, -0.05) is 165 Å². The van der Waals surface area contributed by atoms with Crippen molar-refractivity contribution in [2.75, 3.05) is 39.6 Å². The van der Waals surface area contributed by atoms with Crippen molar-refractivity contribution < 1.29 is 62.2 Å². The molecule has 3 fully saturated rings. The van der Waals surface area contributed by atoms with Gasteiger partial charge in [0.15, 0.2) is 30.0 Å². The highest BCUT2D eigenvalue weighted by atomic mass is 32.1. The van der Waals surface area contributed by atoms with Crippen LogP contribution < -0.4 is 32.3 Å². The molecule has 7 aromatic heterocycles. The lowest BCUT2D eigenvalue weighted by molar-refractivity contribution is -0.131. The van der Waals surface area contributed by atoms with Crippen molar-refractivity contribution in [1.82, 2.24) is 61.5 Å². The van der Waals surface area contributed by atoms with Gasteiger partial charge in [0.1, 0.15) is 11.0 Å². The van der Waals surface area contributed by atoms with E-state index in [2.05, 4.69) is 89.2 Å². The molecule has 0 radical (unpaired) electrons. The smallest absolute Gasteiger partial charge is 0.280 e. The summed E-state index contributed by atoms with van der Waals surface area (Å²) in [6.07, 6.45) is 24.2. The maximum absolute atomic E-state index is 13.0. The van der Waals surface area contributed by atoms with Crippen molar-refractivity contribution in [2.24, 2.45) is 17.6 Å². The zero-order valence-electron chi connectivity index (χ0n) is 72.3. The highest BCUT2D eigenvalue weighted by Gasteiger charge is 2.35. The van der Waals surface area contributed by atoms with Crippen LogP contribution in [0.1, 0.15) is 257 Å². The molecule has 7 N–H and O–H groups in total. The first-order valence-corrected chi connectivity index (χ1v) is 50.0. The Kier molecular flexibility index (Phi) is 40.2. The fourth-order valence-electron chi connectivity index (χ4n) is 14.5. The number of aromatic nitrogens is 7. The minimum atomic E-state index is -0.610. The molecule has 7 unspecified atom stereocenters. The summed E-state index contributed by atoms with van der Waals surface area (Å²) >= 11 is 9.43. The number of unbranched alkanes of at least 4 members (excludes halogenated alkanes) is 9. The molecule has 7 atom stereocenters. The second kappa shape index (κ2) is 52.1. The highest BCUT2D eigenvalue weighted by molar-refractivity contribution is 7.22. The van der Waals surface area contributed by atoms with Crippen molar-refractivity contribution in [3.8, 4) is 0 Å². The van der Waals surface area contributed by atoms with Gasteiger partial charge in [0.05, 0.1) is 106 Å². The van der Waals surface area contributed by atoms with Crippen LogP contribution in [0.5, 0.6) is 0 Å². The van der Waals surface area contributed by atoms with Crippen LogP contribution in [0.4, 0.5) is 0 Å². The number of nitrogens with one attached hydrogen (secondary N) is 5. The maximum Gasteiger partial charge on any atom is 0.280 e. The van der Waals surface area contributed by atoms with Crippen molar-refractivity contribution in [2.45, 2.75) is 225 Å². The Morgan fingerprint density at radius 3 is 1.08 bits per heavy atom.